The zero-order valence-corrected chi connectivity index (χ0v) is 12.2. The number of urea groups is 1. The van der Waals surface area contributed by atoms with Gasteiger partial charge in [0.15, 0.2) is 0 Å². The zero-order valence-electron chi connectivity index (χ0n) is 12.2. The molecule has 1 saturated carbocycles. The summed E-state index contributed by atoms with van der Waals surface area (Å²) < 4.78 is 0. The van der Waals surface area contributed by atoms with E-state index in [1.54, 1.807) is 11.9 Å². The predicted octanol–water partition coefficient (Wildman–Crippen LogP) is 2.46. The van der Waals surface area contributed by atoms with Crippen LogP contribution in [0.1, 0.15) is 52.4 Å². The minimum absolute atomic E-state index is 0.0923. The first kappa shape index (κ1) is 15.8. The predicted molar refractivity (Wildman–Crippen MR) is 74.1 cm³/mol. The van der Waals surface area contributed by atoms with Crippen molar-refractivity contribution in [2.75, 3.05) is 13.6 Å². The van der Waals surface area contributed by atoms with Crippen molar-refractivity contribution in [3.8, 4) is 0 Å². The van der Waals surface area contributed by atoms with E-state index < -0.39 is 5.97 Å². The van der Waals surface area contributed by atoms with Gasteiger partial charge in [0, 0.05) is 19.6 Å². The Hall–Kier alpha value is -1.26. The lowest BCUT2D eigenvalue weighted by molar-refractivity contribution is -0.141. The molecule has 1 rings (SSSR count). The van der Waals surface area contributed by atoms with Crippen molar-refractivity contribution >= 4 is 12.0 Å². The molecule has 0 saturated heterocycles. The summed E-state index contributed by atoms with van der Waals surface area (Å²) in [4.78, 5) is 24.6. The molecule has 0 heterocycles. The van der Waals surface area contributed by atoms with Gasteiger partial charge in [-0.25, -0.2) is 4.79 Å². The van der Waals surface area contributed by atoms with Crippen molar-refractivity contribution in [3.05, 3.63) is 0 Å². The molecule has 110 valence electrons. The van der Waals surface area contributed by atoms with Crippen LogP contribution in [0, 0.1) is 5.41 Å². The number of carbonyl (C=O) groups is 2. The van der Waals surface area contributed by atoms with Crippen LogP contribution >= 0.6 is 0 Å². The Morgan fingerprint density at radius 2 is 1.89 bits per heavy atom. The van der Waals surface area contributed by atoms with E-state index in [9.17, 15) is 9.59 Å². The second-order valence-corrected chi connectivity index (χ2v) is 5.66. The maximum atomic E-state index is 12.0. The number of aliphatic carboxylic acids is 1. The Bertz CT molecular complexity index is 323. The Kier molecular flexibility index (Phi) is 5.63. The summed E-state index contributed by atoms with van der Waals surface area (Å²) in [5.41, 5.74) is -0.212. The number of carboxylic acids is 1. The Labute approximate surface area is 115 Å². The van der Waals surface area contributed by atoms with Crippen LogP contribution in [0.2, 0.25) is 0 Å². The van der Waals surface area contributed by atoms with Crippen LogP contribution in [-0.2, 0) is 4.79 Å². The topological polar surface area (TPSA) is 69.6 Å². The molecule has 5 nitrogen and oxygen atoms in total. The van der Waals surface area contributed by atoms with E-state index in [1.165, 1.54) is 0 Å². The third-order valence-corrected chi connectivity index (χ3v) is 4.37. The van der Waals surface area contributed by atoms with Crippen molar-refractivity contribution < 1.29 is 14.7 Å². The fraction of sp³-hybridized carbons (Fsp3) is 0.857. The highest BCUT2D eigenvalue weighted by atomic mass is 16.4. The minimum Gasteiger partial charge on any atom is -0.481 e. The molecule has 2 N–H and O–H groups in total. The van der Waals surface area contributed by atoms with Crippen LogP contribution in [0.15, 0.2) is 0 Å². The fourth-order valence-corrected chi connectivity index (χ4v) is 2.80. The number of rotatable bonds is 7. The highest BCUT2D eigenvalue weighted by Crippen LogP contribution is 2.43. The summed E-state index contributed by atoms with van der Waals surface area (Å²) in [5.74, 6) is -0.776. The fourth-order valence-electron chi connectivity index (χ4n) is 2.80. The van der Waals surface area contributed by atoms with Crippen molar-refractivity contribution in [2.45, 2.75) is 58.4 Å². The molecular formula is C14H26N2O3. The van der Waals surface area contributed by atoms with Gasteiger partial charge in [-0.15, -0.1) is 0 Å². The lowest BCUT2D eigenvalue weighted by Gasteiger charge is -2.41. The Balaban J connectivity index is 2.46. The number of carbonyl (C=O) groups excluding carboxylic acids is 1. The van der Waals surface area contributed by atoms with Gasteiger partial charge in [0.1, 0.15) is 0 Å². The Morgan fingerprint density at radius 3 is 2.26 bits per heavy atom. The van der Waals surface area contributed by atoms with E-state index in [0.717, 1.165) is 32.1 Å². The first-order chi connectivity index (χ1) is 8.94. The molecule has 0 aromatic rings. The molecule has 0 aromatic heterocycles. The average Bonchev–Trinajstić information content (AvgIpc) is 2.32. The molecule has 5 heteroatoms. The SMILES string of the molecule is CCC(CC)N(C)C(=O)NCC1(CC(=O)O)CCC1. The van der Waals surface area contributed by atoms with Crippen molar-refractivity contribution in [1.82, 2.24) is 10.2 Å². The van der Waals surface area contributed by atoms with Gasteiger partial charge in [-0.3, -0.25) is 4.79 Å². The quantitative estimate of drug-likeness (QED) is 0.746. The van der Waals surface area contributed by atoms with Gasteiger partial charge in [-0.1, -0.05) is 20.3 Å². The Morgan fingerprint density at radius 1 is 1.32 bits per heavy atom. The summed E-state index contributed by atoms with van der Waals surface area (Å²) in [6, 6.07) is 0.155. The number of nitrogens with zero attached hydrogens (tertiary/aromatic N) is 1. The third-order valence-electron chi connectivity index (χ3n) is 4.37. The zero-order chi connectivity index (χ0) is 14.5. The molecule has 0 aliphatic heterocycles. The summed E-state index contributed by atoms with van der Waals surface area (Å²) in [5, 5.41) is 11.8. The molecule has 1 aliphatic carbocycles. The van der Waals surface area contributed by atoms with Crippen LogP contribution in [0.25, 0.3) is 0 Å². The van der Waals surface area contributed by atoms with Gasteiger partial charge >= 0.3 is 12.0 Å². The standard InChI is InChI=1S/C14H26N2O3/c1-4-11(5-2)16(3)13(19)15-10-14(7-6-8-14)9-12(17)18/h11H,4-10H2,1-3H3,(H,15,19)(H,17,18). The average molecular weight is 270 g/mol. The summed E-state index contributed by atoms with van der Waals surface area (Å²) in [6.45, 7) is 4.61. The number of nitrogens with one attached hydrogen (secondary N) is 1. The molecule has 1 fully saturated rings. The molecule has 0 unspecified atom stereocenters. The van der Waals surface area contributed by atoms with Crippen molar-refractivity contribution in [3.63, 3.8) is 0 Å². The van der Waals surface area contributed by atoms with Gasteiger partial charge < -0.3 is 15.3 Å². The third kappa shape index (κ3) is 4.11. The molecule has 0 atom stereocenters. The monoisotopic (exact) mass is 270 g/mol. The molecule has 0 radical (unpaired) electrons. The maximum Gasteiger partial charge on any atom is 0.317 e. The number of amides is 2. The van der Waals surface area contributed by atoms with Crippen LogP contribution in [0.4, 0.5) is 4.79 Å². The van der Waals surface area contributed by atoms with Crippen LogP contribution < -0.4 is 5.32 Å². The highest BCUT2D eigenvalue weighted by Gasteiger charge is 2.39. The van der Waals surface area contributed by atoms with Crippen LogP contribution in [0.3, 0.4) is 0 Å². The van der Waals surface area contributed by atoms with E-state index in [-0.39, 0.29) is 23.9 Å². The first-order valence-electron chi connectivity index (χ1n) is 7.16. The molecule has 0 aromatic carbocycles. The van der Waals surface area contributed by atoms with Crippen LogP contribution in [0.5, 0.6) is 0 Å². The second-order valence-electron chi connectivity index (χ2n) is 5.66. The highest BCUT2D eigenvalue weighted by molar-refractivity contribution is 5.74. The van der Waals surface area contributed by atoms with Crippen molar-refractivity contribution in [2.24, 2.45) is 5.41 Å². The summed E-state index contributed by atoms with van der Waals surface area (Å²) >= 11 is 0. The van der Waals surface area contributed by atoms with Crippen LogP contribution in [-0.4, -0.2) is 41.6 Å². The molecule has 19 heavy (non-hydrogen) atoms. The lowest BCUT2D eigenvalue weighted by atomic mass is 9.66. The van der Waals surface area contributed by atoms with E-state index in [0.29, 0.717) is 6.54 Å². The van der Waals surface area contributed by atoms with Gasteiger partial charge in [0.05, 0.1) is 6.42 Å². The van der Waals surface area contributed by atoms with Crippen molar-refractivity contribution in [1.29, 1.82) is 0 Å². The first-order valence-corrected chi connectivity index (χ1v) is 7.16. The van der Waals surface area contributed by atoms with Gasteiger partial charge in [-0.2, -0.15) is 0 Å². The second kappa shape index (κ2) is 6.78. The summed E-state index contributed by atoms with van der Waals surface area (Å²) in [7, 11) is 1.80. The minimum atomic E-state index is -0.776. The van der Waals surface area contributed by atoms with E-state index in [1.807, 2.05) is 0 Å². The number of carboxylic acid groups (broad SMARTS) is 1. The lowest BCUT2D eigenvalue weighted by Crippen LogP contribution is -2.49. The maximum absolute atomic E-state index is 12.0. The normalized spacial score (nSPS) is 16.8. The largest absolute Gasteiger partial charge is 0.481 e. The molecule has 2 amide bonds. The molecule has 0 spiro atoms. The van der Waals surface area contributed by atoms with Gasteiger partial charge in [-0.05, 0) is 31.1 Å². The molecule has 0 bridgehead atoms. The van der Waals surface area contributed by atoms with Gasteiger partial charge in [0.25, 0.3) is 0 Å². The van der Waals surface area contributed by atoms with E-state index in [2.05, 4.69) is 19.2 Å². The summed E-state index contributed by atoms with van der Waals surface area (Å²) in [6.07, 6.45) is 4.87. The molecular weight excluding hydrogens is 244 g/mol. The van der Waals surface area contributed by atoms with E-state index in [4.69, 9.17) is 5.11 Å². The van der Waals surface area contributed by atoms with E-state index >= 15 is 0 Å². The molecule has 1 aliphatic rings. The van der Waals surface area contributed by atoms with Gasteiger partial charge in [0.2, 0.25) is 0 Å². The smallest absolute Gasteiger partial charge is 0.317 e. The number of hydrogen-bond acceptors (Lipinski definition) is 2. The number of hydrogen-bond donors (Lipinski definition) is 2.